The molecule has 4 rings (SSSR count). The van der Waals surface area contributed by atoms with Crippen LogP contribution in [0.25, 0.3) is 0 Å². The summed E-state index contributed by atoms with van der Waals surface area (Å²) in [6.45, 7) is 1.02. The van der Waals surface area contributed by atoms with E-state index in [4.69, 9.17) is 27.9 Å². The second-order valence-electron chi connectivity index (χ2n) is 8.47. The van der Waals surface area contributed by atoms with Gasteiger partial charge in [-0.1, -0.05) is 41.4 Å². The number of benzene rings is 3. The van der Waals surface area contributed by atoms with Gasteiger partial charge in [-0.25, -0.2) is 12.8 Å². The molecule has 7 nitrogen and oxygen atoms in total. The summed E-state index contributed by atoms with van der Waals surface area (Å²) in [7, 11) is -2.56. The number of carbonyl (C=O) groups is 1. The average molecular weight is 566 g/mol. The largest absolute Gasteiger partial charge is 0.495 e. The van der Waals surface area contributed by atoms with E-state index in [9.17, 15) is 17.6 Å². The molecule has 0 aliphatic carbocycles. The van der Waals surface area contributed by atoms with Crippen molar-refractivity contribution in [1.82, 2.24) is 9.21 Å². The summed E-state index contributed by atoms with van der Waals surface area (Å²) >= 11 is 12.1. The number of rotatable bonds is 8. The highest BCUT2D eigenvalue weighted by Crippen LogP contribution is 2.29. The molecule has 0 radical (unpaired) electrons. The minimum Gasteiger partial charge on any atom is -0.495 e. The van der Waals surface area contributed by atoms with Crippen LogP contribution >= 0.6 is 23.2 Å². The molecule has 0 bridgehead atoms. The number of carbonyl (C=O) groups excluding carboxylic acids is 1. The predicted octanol–water partition coefficient (Wildman–Crippen LogP) is 4.68. The fourth-order valence-corrected chi connectivity index (χ4v) is 5.89. The lowest BCUT2D eigenvalue weighted by Crippen LogP contribution is -2.51. The number of methoxy groups -OCH3 is 1. The van der Waals surface area contributed by atoms with Crippen molar-refractivity contribution in [2.45, 2.75) is 11.4 Å². The van der Waals surface area contributed by atoms with Crippen molar-refractivity contribution in [2.24, 2.45) is 0 Å². The molecule has 0 N–H and O–H groups in total. The minimum atomic E-state index is -4.17. The molecule has 1 heterocycles. The molecule has 1 fully saturated rings. The van der Waals surface area contributed by atoms with Crippen molar-refractivity contribution >= 4 is 44.8 Å². The van der Waals surface area contributed by atoms with Crippen LogP contribution in [0.4, 0.5) is 10.1 Å². The number of piperazine rings is 1. The number of halogens is 3. The highest BCUT2D eigenvalue weighted by atomic mass is 35.5. The van der Waals surface area contributed by atoms with Crippen LogP contribution in [0.2, 0.25) is 10.0 Å². The van der Waals surface area contributed by atoms with E-state index in [-0.39, 0.29) is 21.4 Å². The summed E-state index contributed by atoms with van der Waals surface area (Å²) in [6.07, 6.45) is 0. The maximum Gasteiger partial charge on any atom is 0.243 e. The van der Waals surface area contributed by atoms with E-state index < -0.39 is 28.9 Å². The van der Waals surface area contributed by atoms with E-state index in [1.807, 2.05) is 24.3 Å². The van der Waals surface area contributed by atoms with Gasteiger partial charge in [0.2, 0.25) is 15.9 Å². The Balaban J connectivity index is 1.54. The van der Waals surface area contributed by atoms with E-state index in [1.54, 1.807) is 12.0 Å². The van der Waals surface area contributed by atoms with Gasteiger partial charge in [-0.15, -0.1) is 0 Å². The number of para-hydroxylation sites is 2. The Hall–Kier alpha value is -2.85. The second kappa shape index (κ2) is 11.7. The molecule has 1 saturated heterocycles. The Bertz CT molecular complexity index is 1340. The number of nitrogens with zero attached hydrogens (tertiary/aromatic N) is 3. The SMILES string of the molecule is COc1ccccc1N1CCN(C(=O)CN(Cc2c(F)cccc2Cl)S(=O)(=O)c2ccc(Cl)cc2)CC1. The fourth-order valence-electron chi connectivity index (χ4n) is 4.18. The number of anilines is 1. The third-order valence-corrected chi connectivity index (χ3v) is 8.63. The van der Waals surface area contributed by atoms with E-state index in [0.717, 1.165) is 15.7 Å². The highest BCUT2D eigenvalue weighted by molar-refractivity contribution is 7.89. The normalized spacial score (nSPS) is 14.2. The molecule has 1 aliphatic heterocycles. The van der Waals surface area contributed by atoms with Gasteiger partial charge in [0.1, 0.15) is 11.6 Å². The van der Waals surface area contributed by atoms with Gasteiger partial charge in [0.05, 0.1) is 24.2 Å². The van der Waals surface area contributed by atoms with Gasteiger partial charge >= 0.3 is 0 Å². The fraction of sp³-hybridized carbons (Fsp3) is 0.269. The Morgan fingerprint density at radius 1 is 0.973 bits per heavy atom. The third kappa shape index (κ3) is 6.18. The molecular weight excluding hydrogens is 540 g/mol. The standard InChI is InChI=1S/C26H26Cl2FN3O4S/c1-36-25-8-3-2-7-24(25)30-13-15-31(16-14-30)26(33)18-32(17-21-22(28)5-4-6-23(21)29)37(34,35)20-11-9-19(27)10-12-20/h2-12H,13-18H2,1H3. The van der Waals surface area contributed by atoms with Crippen LogP contribution in [-0.2, 0) is 21.4 Å². The first kappa shape index (κ1) is 27.2. The van der Waals surface area contributed by atoms with Crippen LogP contribution in [0.3, 0.4) is 0 Å². The number of ether oxygens (including phenoxy) is 1. The lowest BCUT2D eigenvalue weighted by atomic mass is 10.2. The third-order valence-electron chi connectivity index (χ3n) is 6.22. The first-order valence-corrected chi connectivity index (χ1v) is 13.7. The monoisotopic (exact) mass is 565 g/mol. The van der Waals surface area contributed by atoms with Crippen molar-refractivity contribution in [3.05, 3.63) is 88.2 Å². The molecule has 0 atom stereocenters. The molecule has 0 spiro atoms. The lowest BCUT2D eigenvalue weighted by molar-refractivity contribution is -0.131. The molecule has 196 valence electrons. The zero-order chi connectivity index (χ0) is 26.6. The first-order chi connectivity index (χ1) is 17.7. The Morgan fingerprint density at radius 3 is 2.30 bits per heavy atom. The second-order valence-corrected chi connectivity index (χ2v) is 11.2. The van der Waals surface area contributed by atoms with Crippen LogP contribution in [0.15, 0.2) is 71.6 Å². The summed E-state index contributed by atoms with van der Waals surface area (Å²) in [4.78, 5) is 17.0. The van der Waals surface area contributed by atoms with Gasteiger partial charge in [-0.2, -0.15) is 4.31 Å². The van der Waals surface area contributed by atoms with Gasteiger partial charge in [-0.05, 0) is 48.5 Å². The molecule has 1 aliphatic rings. The van der Waals surface area contributed by atoms with Crippen molar-refractivity contribution in [3.63, 3.8) is 0 Å². The Labute approximate surface area is 226 Å². The van der Waals surface area contributed by atoms with Crippen molar-refractivity contribution in [1.29, 1.82) is 0 Å². The van der Waals surface area contributed by atoms with Gasteiger partial charge < -0.3 is 14.5 Å². The predicted molar refractivity (Wildman–Crippen MR) is 142 cm³/mol. The molecule has 3 aromatic rings. The summed E-state index contributed by atoms with van der Waals surface area (Å²) in [5.74, 6) is -0.296. The number of amides is 1. The summed E-state index contributed by atoms with van der Waals surface area (Å²) < 4.78 is 48.0. The van der Waals surface area contributed by atoms with Crippen LogP contribution in [-0.4, -0.2) is 63.4 Å². The molecular formula is C26H26Cl2FN3O4S. The topological polar surface area (TPSA) is 70.2 Å². The highest BCUT2D eigenvalue weighted by Gasteiger charge is 2.31. The first-order valence-electron chi connectivity index (χ1n) is 11.5. The van der Waals surface area contributed by atoms with Gasteiger partial charge in [0, 0.05) is 48.3 Å². The van der Waals surface area contributed by atoms with Crippen LogP contribution in [0.1, 0.15) is 5.56 Å². The van der Waals surface area contributed by atoms with Crippen LogP contribution in [0.5, 0.6) is 5.75 Å². The molecule has 11 heteroatoms. The van der Waals surface area contributed by atoms with Crippen LogP contribution in [0, 0.1) is 5.82 Å². The van der Waals surface area contributed by atoms with Gasteiger partial charge in [0.15, 0.2) is 0 Å². The zero-order valence-electron chi connectivity index (χ0n) is 20.1. The van der Waals surface area contributed by atoms with Crippen LogP contribution < -0.4 is 9.64 Å². The number of sulfonamides is 1. The number of hydrogen-bond donors (Lipinski definition) is 0. The molecule has 3 aromatic carbocycles. The van der Waals surface area contributed by atoms with Crippen molar-refractivity contribution < 1.29 is 22.3 Å². The average Bonchev–Trinajstić information content (AvgIpc) is 2.90. The summed E-state index contributed by atoms with van der Waals surface area (Å²) in [6, 6.07) is 17.3. The summed E-state index contributed by atoms with van der Waals surface area (Å²) in [5.41, 5.74) is 0.925. The van der Waals surface area contributed by atoms with E-state index in [0.29, 0.717) is 31.2 Å². The number of hydrogen-bond acceptors (Lipinski definition) is 5. The maximum absolute atomic E-state index is 14.6. The molecule has 0 aromatic heterocycles. The zero-order valence-corrected chi connectivity index (χ0v) is 22.4. The maximum atomic E-state index is 14.6. The van der Waals surface area contributed by atoms with Crippen molar-refractivity contribution in [2.75, 3.05) is 44.7 Å². The van der Waals surface area contributed by atoms with E-state index in [2.05, 4.69) is 4.90 Å². The lowest BCUT2D eigenvalue weighted by Gasteiger charge is -2.37. The Kier molecular flexibility index (Phi) is 8.59. The Morgan fingerprint density at radius 2 is 1.65 bits per heavy atom. The molecule has 0 saturated carbocycles. The quantitative estimate of drug-likeness (QED) is 0.396. The van der Waals surface area contributed by atoms with Gasteiger partial charge in [-0.3, -0.25) is 4.79 Å². The summed E-state index contributed by atoms with van der Waals surface area (Å²) in [5, 5.41) is 0.445. The van der Waals surface area contributed by atoms with Crippen molar-refractivity contribution in [3.8, 4) is 5.75 Å². The van der Waals surface area contributed by atoms with Gasteiger partial charge in [0.25, 0.3) is 0 Å². The molecule has 0 unspecified atom stereocenters. The van der Waals surface area contributed by atoms with E-state index in [1.165, 1.54) is 42.5 Å². The van der Waals surface area contributed by atoms with E-state index >= 15 is 0 Å². The molecule has 37 heavy (non-hydrogen) atoms. The molecule has 1 amide bonds. The minimum absolute atomic E-state index is 0.00417. The smallest absolute Gasteiger partial charge is 0.243 e.